The van der Waals surface area contributed by atoms with Gasteiger partial charge in [0.25, 0.3) is 5.91 Å². The molecule has 1 amide bonds. The van der Waals surface area contributed by atoms with Gasteiger partial charge in [0.1, 0.15) is 11.2 Å². The lowest BCUT2D eigenvalue weighted by molar-refractivity contribution is -0.124. The number of hydrogen-bond acceptors (Lipinski definition) is 5. The van der Waals surface area contributed by atoms with Crippen LogP contribution in [0.3, 0.4) is 0 Å². The van der Waals surface area contributed by atoms with Gasteiger partial charge in [-0.15, -0.1) is 11.3 Å². The highest BCUT2D eigenvalue weighted by Gasteiger charge is 2.24. The van der Waals surface area contributed by atoms with Crippen molar-refractivity contribution in [2.75, 3.05) is 6.61 Å². The summed E-state index contributed by atoms with van der Waals surface area (Å²) in [5.41, 5.74) is 1.33. The van der Waals surface area contributed by atoms with Crippen LogP contribution in [0.2, 0.25) is 0 Å². The molecule has 0 bridgehead atoms. The first-order valence-corrected chi connectivity index (χ1v) is 9.71. The number of thiophene rings is 1. The molecule has 1 N–H and O–H groups in total. The van der Waals surface area contributed by atoms with Gasteiger partial charge in [-0.2, -0.15) is 0 Å². The molecule has 0 radical (unpaired) electrons. The number of ether oxygens (including phenoxy) is 1. The average Bonchev–Trinajstić information content (AvgIpc) is 3.16. The number of fused-ring (bicyclic) bond motifs is 3. The Labute approximate surface area is 145 Å². The predicted octanol–water partition coefficient (Wildman–Crippen LogP) is 3.25. The first-order chi connectivity index (χ1) is 11.7. The Bertz CT molecular complexity index is 758. The van der Waals surface area contributed by atoms with E-state index in [4.69, 9.17) is 4.74 Å². The average molecular weight is 345 g/mol. The van der Waals surface area contributed by atoms with Crippen LogP contribution in [-0.2, 0) is 17.6 Å². The maximum atomic E-state index is 12.3. The Morgan fingerprint density at radius 2 is 2.17 bits per heavy atom. The molecular weight excluding hydrogens is 322 g/mol. The van der Waals surface area contributed by atoms with Crippen LogP contribution in [0, 0.1) is 5.92 Å². The van der Waals surface area contributed by atoms with Crippen molar-refractivity contribution in [3.8, 4) is 5.88 Å². The van der Waals surface area contributed by atoms with E-state index in [9.17, 15) is 4.79 Å². The zero-order valence-electron chi connectivity index (χ0n) is 14.0. The van der Waals surface area contributed by atoms with Crippen molar-refractivity contribution in [3.05, 3.63) is 16.8 Å². The standard InChI is InChI=1S/C18H23N3O2S/c1-11-5-2-3-7-13(11)21-15(22)9-23-17-16-12-6-4-8-14(12)24-18(16)20-10-19-17/h10-11,13H,2-9H2,1H3,(H,21,22)/t11-,13-/m1/s1. The van der Waals surface area contributed by atoms with Crippen molar-refractivity contribution in [1.82, 2.24) is 15.3 Å². The summed E-state index contributed by atoms with van der Waals surface area (Å²) in [5.74, 6) is 1.06. The molecule has 2 aromatic heterocycles. The van der Waals surface area contributed by atoms with Gasteiger partial charge in [-0.3, -0.25) is 4.79 Å². The molecule has 0 unspecified atom stereocenters. The van der Waals surface area contributed by atoms with E-state index < -0.39 is 0 Å². The van der Waals surface area contributed by atoms with E-state index in [1.807, 2.05) is 0 Å². The van der Waals surface area contributed by atoms with E-state index in [0.29, 0.717) is 11.8 Å². The summed E-state index contributed by atoms with van der Waals surface area (Å²) in [5, 5.41) is 4.15. The zero-order valence-corrected chi connectivity index (χ0v) is 14.8. The fraction of sp³-hybridized carbons (Fsp3) is 0.611. The summed E-state index contributed by atoms with van der Waals surface area (Å²) < 4.78 is 5.78. The van der Waals surface area contributed by atoms with Gasteiger partial charge in [0.05, 0.1) is 5.39 Å². The van der Waals surface area contributed by atoms with Crippen LogP contribution in [0.4, 0.5) is 0 Å². The summed E-state index contributed by atoms with van der Waals surface area (Å²) in [6, 6.07) is 0.283. The van der Waals surface area contributed by atoms with Crippen LogP contribution >= 0.6 is 11.3 Å². The van der Waals surface area contributed by atoms with Gasteiger partial charge in [0.2, 0.25) is 5.88 Å². The van der Waals surface area contributed by atoms with E-state index in [2.05, 4.69) is 22.2 Å². The minimum Gasteiger partial charge on any atom is -0.467 e. The number of nitrogens with zero attached hydrogens (tertiary/aromatic N) is 2. The number of carbonyl (C=O) groups excluding carboxylic acids is 1. The molecule has 2 aliphatic rings. The van der Waals surface area contributed by atoms with Gasteiger partial charge in [-0.1, -0.05) is 19.8 Å². The van der Waals surface area contributed by atoms with E-state index in [1.54, 1.807) is 11.3 Å². The third-order valence-corrected chi connectivity index (χ3v) is 6.46. The molecule has 2 heterocycles. The lowest BCUT2D eigenvalue weighted by Crippen LogP contribution is -2.43. The fourth-order valence-corrected chi connectivity index (χ4v) is 5.14. The Hall–Kier alpha value is -1.69. The van der Waals surface area contributed by atoms with Crippen LogP contribution in [0.15, 0.2) is 6.33 Å². The molecule has 128 valence electrons. The molecule has 4 rings (SSSR count). The molecule has 6 heteroatoms. The topological polar surface area (TPSA) is 64.1 Å². The van der Waals surface area contributed by atoms with Gasteiger partial charge in [-0.05, 0) is 43.6 Å². The molecule has 24 heavy (non-hydrogen) atoms. The summed E-state index contributed by atoms with van der Waals surface area (Å²) in [7, 11) is 0. The molecule has 2 aliphatic carbocycles. The fourth-order valence-electron chi connectivity index (χ4n) is 3.92. The van der Waals surface area contributed by atoms with Crippen molar-refractivity contribution >= 4 is 27.5 Å². The van der Waals surface area contributed by atoms with Crippen molar-refractivity contribution in [3.63, 3.8) is 0 Å². The van der Waals surface area contributed by atoms with Crippen LogP contribution in [0.5, 0.6) is 5.88 Å². The predicted molar refractivity (Wildman–Crippen MR) is 94.5 cm³/mol. The van der Waals surface area contributed by atoms with Crippen LogP contribution in [0.1, 0.15) is 49.5 Å². The number of carbonyl (C=O) groups is 1. The molecule has 1 fully saturated rings. The first-order valence-electron chi connectivity index (χ1n) is 8.90. The molecule has 5 nitrogen and oxygen atoms in total. The van der Waals surface area contributed by atoms with E-state index >= 15 is 0 Å². The highest BCUT2D eigenvalue weighted by molar-refractivity contribution is 7.18. The van der Waals surface area contributed by atoms with Gasteiger partial charge < -0.3 is 10.1 Å². The van der Waals surface area contributed by atoms with Gasteiger partial charge in [-0.25, -0.2) is 9.97 Å². The normalized spacial score (nSPS) is 23.2. The number of nitrogens with one attached hydrogen (secondary N) is 1. The summed E-state index contributed by atoms with van der Waals surface area (Å²) in [6.07, 6.45) is 9.63. The summed E-state index contributed by atoms with van der Waals surface area (Å²) in [6.45, 7) is 2.24. The van der Waals surface area contributed by atoms with E-state index in [-0.39, 0.29) is 18.6 Å². The van der Waals surface area contributed by atoms with Crippen molar-refractivity contribution in [1.29, 1.82) is 0 Å². The lowest BCUT2D eigenvalue weighted by atomic mass is 9.86. The third kappa shape index (κ3) is 2.99. The largest absolute Gasteiger partial charge is 0.467 e. The minimum absolute atomic E-state index is 0.0277. The number of amides is 1. The van der Waals surface area contributed by atoms with E-state index in [0.717, 1.165) is 29.5 Å². The lowest BCUT2D eigenvalue weighted by Gasteiger charge is -2.29. The highest BCUT2D eigenvalue weighted by Crippen LogP contribution is 2.39. The maximum Gasteiger partial charge on any atom is 0.258 e. The molecule has 0 spiro atoms. The summed E-state index contributed by atoms with van der Waals surface area (Å²) in [4.78, 5) is 23.3. The van der Waals surface area contributed by atoms with Crippen LogP contribution in [0.25, 0.3) is 10.2 Å². The first kappa shape index (κ1) is 15.8. The molecular formula is C18H23N3O2S. The number of aromatic nitrogens is 2. The number of aryl methyl sites for hydroxylation is 2. The molecule has 2 atom stereocenters. The second-order valence-electron chi connectivity index (χ2n) is 6.94. The minimum atomic E-state index is -0.0487. The molecule has 0 saturated heterocycles. The Morgan fingerprint density at radius 3 is 3.04 bits per heavy atom. The van der Waals surface area contributed by atoms with Crippen molar-refractivity contribution < 1.29 is 9.53 Å². The Morgan fingerprint density at radius 1 is 1.29 bits per heavy atom. The smallest absolute Gasteiger partial charge is 0.258 e. The third-order valence-electron chi connectivity index (χ3n) is 5.26. The Kier molecular flexibility index (Phi) is 4.39. The molecule has 2 aromatic rings. The summed E-state index contributed by atoms with van der Waals surface area (Å²) >= 11 is 1.73. The van der Waals surface area contributed by atoms with Gasteiger partial charge in [0, 0.05) is 10.9 Å². The van der Waals surface area contributed by atoms with E-state index in [1.165, 1.54) is 42.5 Å². The second kappa shape index (κ2) is 6.67. The van der Waals surface area contributed by atoms with Crippen molar-refractivity contribution in [2.45, 2.75) is 57.9 Å². The Balaban J connectivity index is 1.44. The monoisotopic (exact) mass is 345 g/mol. The van der Waals surface area contributed by atoms with Crippen LogP contribution in [-0.4, -0.2) is 28.5 Å². The van der Waals surface area contributed by atoms with Crippen LogP contribution < -0.4 is 10.1 Å². The second-order valence-corrected chi connectivity index (χ2v) is 8.02. The maximum absolute atomic E-state index is 12.3. The highest BCUT2D eigenvalue weighted by atomic mass is 32.1. The van der Waals surface area contributed by atoms with Gasteiger partial charge >= 0.3 is 0 Å². The molecule has 0 aromatic carbocycles. The molecule has 0 aliphatic heterocycles. The molecule has 1 saturated carbocycles. The number of hydrogen-bond donors (Lipinski definition) is 1. The quantitative estimate of drug-likeness (QED) is 0.924. The SMILES string of the molecule is C[C@@H]1CCCC[C@H]1NC(=O)COc1ncnc2sc3c(c12)CCC3. The number of rotatable bonds is 4. The van der Waals surface area contributed by atoms with Gasteiger partial charge in [0.15, 0.2) is 6.61 Å². The van der Waals surface area contributed by atoms with Crippen molar-refractivity contribution in [2.24, 2.45) is 5.92 Å². The zero-order chi connectivity index (χ0) is 16.5.